The zero-order valence-electron chi connectivity index (χ0n) is 14.1. The minimum atomic E-state index is -0.512. The van der Waals surface area contributed by atoms with Gasteiger partial charge in [0.25, 0.3) is 0 Å². The van der Waals surface area contributed by atoms with Crippen LogP contribution in [0.1, 0.15) is 55.0 Å². The first-order valence-corrected chi connectivity index (χ1v) is 7.18. The number of esters is 1. The first kappa shape index (κ1) is 17.3. The van der Waals surface area contributed by atoms with Crippen LogP contribution in [0.5, 0.6) is 0 Å². The molecule has 0 atom stereocenters. The summed E-state index contributed by atoms with van der Waals surface area (Å²) in [5.41, 5.74) is 2.96. The molecule has 0 aliphatic carbocycles. The Balaban J connectivity index is 3.02. The van der Waals surface area contributed by atoms with E-state index < -0.39 is 5.60 Å². The van der Waals surface area contributed by atoms with Gasteiger partial charge in [-0.25, -0.2) is 4.79 Å². The second kappa shape index (κ2) is 6.33. The van der Waals surface area contributed by atoms with E-state index in [1.54, 1.807) is 0 Å². The number of rotatable bonds is 4. The molecule has 0 bridgehead atoms. The molecule has 5 nitrogen and oxygen atoms in total. The fourth-order valence-corrected chi connectivity index (χ4v) is 2.35. The quantitative estimate of drug-likeness (QED) is 0.868. The molecule has 0 aliphatic heterocycles. The number of hydrogen-bond acceptors (Lipinski definition) is 3. The fraction of sp³-hybridized carbons (Fsp3) is 0.625. The van der Waals surface area contributed by atoms with Gasteiger partial charge in [0.15, 0.2) is 0 Å². The molecule has 21 heavy (non-hydrogen) atoms. The lowest BCUT2D eigenvalue weighted by atomic mass is 10.1. The van der Waals surface area contributed by atoms with Gasteiger partial charge < -0.3 is 14.6 Å². The van der Waals surface area contributed by atoms with Gasteiger partial charge in [-0.2, -0.15) is 0 Å². The van der Waals surface area contributed by atoms with Crippen molar-refractivity contribution in [3.05, 3.63) is 22.5 Å². The molecule has 1 aromatic rings. The van der Waals surface area contributed by atoms with Crippen molar-refractivity contribution in [1.82, 2.24) is 9.88 Å². The third-order valence-electron chi connectivity index (χ3n) is 3.40. The largest absolute Gasteiger partial charge is 0.456 e. The summed E-state index contributed by atoms with van der Waals surface area (Å²) in [7, 11) is 0. The third-order valence-corrected chi connectivity index (χ3v) is 3.40. The van der Waals surface area contributed by atoms with Crippen LogP contribution in [0.3, 0.4) is 0 Å². The highest BCUT2D eigenvalue weighted by molar-refractivity contribution is 5.93. The van der Waals surface area contributed by atoms with E-state index in [0.29, 0.717) is 18.7 Å². The molecule has 0 aliphatic rings. The van der Waals surface area contributed by atoms with Gasteiger partial charge in [-0.05, 0) is 47.1 Å². The zero-order chi connectivity index (χ0) is 16.4. The minimum absolute atomic E-state index is 0.0541. The van der Waals surface area contributed by atoms with E-state index in [1.807, 2.05) is 46.1 Å². The molecule has 0 fully saturated rings. The van der Waals surface area contributed by atoms with Gasteiger partial charge in [0.1, 0.15) is 5.60 Å². The molecule has 0 aromatic carbocycles. The molecule has 0 spiro atoms. The predicted octanol–water partition coefficient (Wildman–Crippen LogP) is 2.50. The molecule has 118 valence electrons. The molecule has 0 unspecified atom stereocenters. The highest BCUT2D eigenvalue weighted by Gasteiger charge is 2.25. The van der Waals surface area contributed by atoms with Gasteiger partial charge in [-0.15, -0.1) is 0 Å². The number of ether oxygens (including phenoxy) is 1. The van der Waals surface area contributed by atoms with Gasteiger partial charge in [0.2, 0.25) is 5.91 Å². The summed E-state index contributed by atoms with van der Waals surface area (Å²) < 4.78 is 7.52. The SMILES string of the molecule is CC(=O)NCCn1c(C)c(C)c(C(=O)OC(C)(C)C)c1C. The van der Waals surface area contributed by atoms with Crippen molar-refractivity contribution in [2.75, 3.05) is 6.54 Å². The number of aromatic nitrogens is 1. The maximum Gasteiger partial charge on any atom is 0.340 e. The normalized spacial score (nSPS) is 11.4. The minimum Gasteiger partial charge on any atom is -0.456 e. The highest BCUT2D eigenvalue weighted by Crippen LogP contribution is 2.24. The average Bonchev–Trinajstić information content (AvgIpc) is 2.50. The molecule has 1 N–H and O–H groups in total. The lowest BCUT2D eigenvalue weighted by Crippen LogP contribution is -2.26. The second-order valence-corrected chi connectivity index (χ2v) is 6.31. The van der Waals surface area contributed by atoms with Gasteiger partial charge in [0, 0.05) is 31.4 Å². The summed E-state index contributed by atoms with van der Waals surface area (Å²) in [5.74, 6) is -0.347. The number of nitrogens with one attached hydrogen (secondary N) is 1. The Kier molecular flexibility index (Phi) is 5.20. The molecule has 0 saturated heterocycles. The molecule has 1 heterocycles. The van der Waals surface area contributed by atoms with E-state index in [2.05, 4.69) is 5.32 Å². The number of carbonyl (C=O) groups is 2. The number of nitrogens with zero attached hydrogens (tertiary/aromatic N) is 1. The van der Waals surface area contributed by atoms with E-state index >= 15 is 0 Å². The first-order chi connectivity index (χ1) is 9.54. The van der Waals surface area contributed by atoms with Crippen LogP contribution in [0.15, 0.2) is 0 Å². The fourth-order valence-electron chi connectivity index (χ4n) is 2.35. The van der Waals surface area contributed by atoms with Crippen LogP contribution in [0.4, 0.5) is 0 Å². The van der Waals surface area contributed by atoms with E-state index in [4.69, 9.17) is 4.74 Å². The Morgan fingerprint density at radius 2 is 1.71 bits per heavy atom. The number of carbonyl (C=O) groups excluding carboxylic acids is 2. The van der Waals surface area contributed by atoms with E-state index in [9.17, 15) is 9.59 Å². The molecule has 1 amide bonds. The smallest absolute Gasteiger partial charge is 0.340 e. The lowest BCUT2D eigenvalue weighted by molar-refractivity contribution is -0.119. The Hall–Kier alpha value is -1.78. The predicted molar refractivity (Wildman–Crippen MR) is 82.5 cm³/mol. The number of amides is 1. The molecule has 5 heteroatoms. The van der Waals surface area contributed by atoms with Gasteiger partial charge in [-0.1, -0.05) is 0 Å². The van der Waals surface area contributed by atoms with Crippen LogP contribution in [0, 0.1) is 20.8 Å². The van der Waals surface area contributed by atoms with Crippen molar-refractivity contribution >= 4 is 11.9 Å². The van der Waals surface area contributed by atoms with Crippen molar-refractivity contribution in [1.29, 1.82) is 0 Å². The topological polar surface area (TPSA) is 60.3 Å². The average molecular weight is 294 g/mol. The van der Waals surface area contributed by atoms with Crippen LogP contribution < -0.4 is 5.32 Å². The van der Waals surface area contributed by atoms with E-state index in [1.165, 1.54) is 6.92 Å². The summed E-state index contributed by atoms with van der Waals surface area (Å²) >= 11 is 0. The Labute approximate surface area is 126 Å². The van der Waals surface area contributed by atoms with Crippen LogP contribution in [-0.4, -0.2) is 28.6 Å². The summed E-state index contributed by atoms with van der Waals surface area (Å²) in [6.45, 7) is 14.1. The third kappa shape index (κ3) is 4.34. The molecule has 0 radical (unpaired) electrons. The Morgan fingerprint density at radius 1 is 1.14 bits per heavy atom. The Bertz CT molecular complexity index is 551. The Morgan fingerprint density at radius 3 is 2.19 bits per heavy atom. The summed E-state index contributed by atoms with van der Waals surface area (Å²) in [4.78, 5) is 23.3. The van der Waals surface area contributed by atoms with Gasteiger partial charge in [0.05, 0.1) is 5.56 Å². The van der Waals surface area contributed by atoms with Crippen molar-refractivity contribution in [3.63, 3.8) is 0 Å². The lowest BCUT2D eigenvalue weighted by Gasteiger charge is -2.19. The monoisotopic (exact) mass is 294 g/mol. The van der Waals surface area contributed by atoms with Crippen molar-refractivity contribution < 1.29 is 14.3 Å². The second-order valence-electron chi connectivity index (χ2n) is 6.31. The molecular formula is C16H26N2O3. The van der Waals surface area contributed by atoms with Gasteiger partial charge in [-0.3, -0.25) is 4.79 Å². The van der Waals surface area contributed by atoms with Crippen LogP contribution in [-0.2, 0) is 16.1 Å². The van der Waals surface area contributed by atoms with E-state index in [-0.39, 0.29) is 11.9 Å². The van der Waals surface area contributed by atoms with E-state index in [0.717, 1.165) is 17.0 Å². The summed E-state index contributed by atoms with van der Waals surface area (Å²) in [6, 6.07) is 0. The molecule has 0 saturated carbocycles. The van der Waals surface area contributed by atoms with Crippen LogP contribution >= 0.6 is 0 Å². The molecule has 1 aromatic heterocycles. The number of hydrogen-bond donors (Lipinski definition) is 1. The molecule has 1 rings (SSSR count). The van der Waals surface area contributed by atoms with Crippen molar-refractivity contribution in [2.45, 2.75) is 60.6 Å². The maximum absolute atomic E-state index is 12.3. The summed E-state index contributed by atoms with van der Waals surface area (Å²) in [6.07, 6.45) is 0. The standard InChI is InChI=1S/C16H26N2O3/c1-10-11(2)18(9-8-17-13(4)19)12(3)14(10)15(20)21-16(5,6)7/h8-9H2,1-7H3,(H,17,19). The summed E-state index contributed by atoms with van der Waals surface area (Å²) in [5, 5.41) is 2.77. The van der Waals surface area contributed by atoms with Crippen LogP contribution in [0.25, 0.3) is 0 Å². The van der Waals surface area contributed by atoms with Gasteiger partial charge >= 0.3 is 5.97 Å². The highest BCUT2D eigenvalue weighted by atomic mass is 16.6. The van der Waals surface area contributed by atoms with Crippen LogP contribution in [0.2, 0.25) is 0 Å². The van der Waals surface area contributed by atoms with Crippen molar-refractivity contribution in [3.8, 4) is 0 Å². The molecular weight excluding hydrogens is 268 g/mol. The van der Waals surface area contributed by atoms with Crippen molar-refractivity contribution in [2.24, 2.45) is 0 Å². The maximum atomic E-state index is 12.3. The zero-order valence-corrected chi connectivity index (χ0v) is 14.1. The first-order valence-electron chi connectivity index (χ1n) is 7.18.